The van der Waals surface area contributed by atoms with Crippen molar-refractivity contribution in [2.45, 2.75) is 37.6 Å². The molecule has 7 heteroatoms. The molecule has 1 aromatic rings. The first-order chi connectivity index (χ1) is 10.4. The highest BCUT2D eigenvalue weighted by atomic mass is 32.2. The molecular weight excluding hydrogens is 302 g/mol. The van der Waals surface area contributed by atoms with E-state index in [1.165, 1.54) is 4.31 Å². The monoisotopic (exact) mass is 325 g/mol. The highest BCUT2D eigenvalue weighted by Gasteiger charge is 2.29. The predicted octanol–water partition coefficient (Wildman–Crippen LogP) is 1.47. The molecule has 0 spiro atoms. The Balaban J connectivity index is 1.96. The van der Waals surface area contributed by atoms with Crippen LogP contribution in [0.2, 0.25) is 0 Å². The Labute approximate surface area is 131 Å². The van der Waals surface area contributed by atoms with Crippen molar-refractivity contribution < 1.29 is 13.2 Å². The SMILES string of the molecule is CCNC(=O)NC1CCN(S(=O)(=O)c2ccc(C)cc2)CC1. The number of nitrogens with zero attached hydrogens (tertiary/aromatic N) is 1. The Morgan fingerprint density at radius 1 is 1.23 bits per heavy atom. The van der Waals surface area contributed by atoms with Crippen molar-refractivity contribution in [2.75, 3.05) is 19.6 Å². The minimum absolute atomic E-state index is 0.0241. The number of piperidine rings is 1. The molecule has 1 aliphatic heterocycles. The molecule has 2 rings (SSSR count). The topological polar surface area (TPSA) is 78.5 Å². The lowest BCUT2D eigenvalue weighted by molar-refractivity contribution is 0.228. The van der Waals surface area contributed by atoms with Crippen molar-refractivity contribution in [1.82, 2.24) is 14.9 Å². The van der Waals surface area contributed by atoms with Crippen molar-refractivity contribution in [3.8, 4) is 0 Å². The number of rotatable bonds is 4. The third-order valence-corrected chi connectivity index (χ3v) is 5.70. The van der Waals surface area contributed by atoms with Gasteiger partial charge >= 0.3 is 6.03 Å². The zero-order valence-corrected chi connectivity index (χ0v) is 13.8. The van der Waals surface area contributed by atoms with Gasteiger partial charge in [0.05, 0.1) is 4.90 Å². The van der Waals surface area contributed by atoms with E-state index in [0.717, 1.165) is 5.56 Å². The minimum atomic E-state index is -3.44. The molecule has 2 N–H and O–H groups in total. The smallest absolute Gasteiger partial charge is 0.314 e. The van der Waals surface area contributed by atoms with E-state index in [-0.39, 0.29) is 12.1 Å². The molecule has 1 heterocycles. The number of urea groups is 1. The quantitative estimate of drug-likeness (QED) is 0.880. The predicted molar refractivity (Wildman–Crippen MR) is 85.2 cm³/mol. The average molecular weight is 325 g/mol. The van der Waals surface area contributed by atoms with E-state index in [1.54, 1.807) is 24.3 Å². The van der Waals surface area contributed by atoms with Crippen LogP contribution in [0.3, 0.4) is 0 Å². The van der Waals surface area contributed by atoms with Crippen molar-refractivity contribution in [3.05, 3.63) is 29.8 Å². The molecule has 0 atom stereocenters. The van der Waals surface area contributed by atoms with Gasteiger partial charge in [0, 0.05) is 25.7 Å². The molecule has 1 aromatic carbocycles. The van der Waals surface area contributed by atoms with Gasteiger partial charge in [-0.2, -0.15) is 4.31 Å². The fraction of sp³-hybridized carbons (Fsp3) is 0.533. The van der Waals surface area contributed by atoms with Crippen LogP contribution < -0.4 is 10.6 Å². The highest BCUT2D eigenvalue weighted by molar-refractivity contribution is 7.89. The Bertz CT molecular complexity index is 605. The first kappa shape index (κ1) is 16.8. The minimum Gasteiger partial charge on any atom is -0.338 e. The lowest BCUT2D eigenvalue weighted by Crippen LogP contribution is -2.49. The van der Waals surface area contributed by atoms with Crippen molar-refractivity contribution in [1.29, 1.82) is 0 Å². The van der Waals surface area contributed by atoms with E-state index in [9.17, 15) is 13.2 Å². The number of sulfonamides is 1. The number of aryl methyl sites for hydroxylation is 1. The van der Waals surface area contributed by atoms with Crippen LogP contribution in [0.15, 0.2) is 29.2 Å². The molecule has 1 fully saturated rings. The summed E-state index contributed by atoms with van der Waals surface area (Å²) < 4.78 is 26.6. The lowest BCUT2D eigenvalue weighted by atomic mass is 10.1. The summed E-state index contributed by atoms with van der Waals surface area (Å²) in [6, 6.07) is 6.72. The molecule has 22 heavy (non-hydrogen) atoms. The van der Waals surface area contributed by atoms with Gasteiger partial charge in [-0.05, 0) is 38.8 Å². The van der Waals surface area contributed by atoms with Gasteiger partial charge in [0.2, 0.25) is 10.0 Å². The third kappa shape index (κ3) is 3.98. The summed E-state index contributed by atoms with van der Waals surface area (Å²) in [7, 11) is -3.44. The summed E-state index contributed by atoms with van der Waals surface area (Å²) in [6.45, 7) is 5.21. The molecule has 0 bridgehead atoms. The Kier molecular flexibility index (Phi) is 5.42. The van der Waals surface area contributed by atoms with Gasteiger partial charge in [-0.15, -0.1) is 0 Å². The number of carbonyl (C=O) groups excluding carboxylic acids is 1. The molecule has 0 radical (unpaired) electrons. The van der Waals surface area contributed by atoms with Crippen molar-refractivity contribution in [2.24, 2.45) is 0 Å². The molecule has 0 unspecified atom stereocenters. The standard InChI is InChI=1S/C15H23N3O3S/c1-3-16-15(19)17-13-8-10-18(11-9-13)22(20,21)14-6-4-12(2)5-7-14/h4-7,13H,3,8-11H2,1-2H3,(H2,16,17,19). The van der Waals surface area contributed by atoms with E-state index in [1.807, 2.05) is 13.8 Å². The Morgan fingerprint density at radius 3 is 2.36 bits per heavy atom. The van der Waals surface area contributed by atoms with Crippen LogP contribution in [0.25, 0.3) is 0 Å². The second-order valence-electron chi connectivity index (χ2n) is 5.50. The summed E-state index contributed by atoms with van der Waals surface area (Å²) in [5.74, 6) is 0. The molecule has 122 valence electrons. The van der Waals surface area contributed by atoms with Crippen LogP contribution in [-0.2, 0) is 10.0 Å². The first-order valence-electron chi connectivity index (χ1n) is 7.54. The van der Waals surface area contributed by atoms with E-state index in [4.69, 9.17) is 0 Å². The summed E-state index contributed by atoms with van der Waals surface area (Å²) in [4.78, 5) is 11.8. The largest absolute Gasteiger partial charge is 0.338 e. The molecule has 2 amide bonds. The van der Waals surface area contributed by atoms with Crippen molar-refractivity contribution in [3.63, 3.8) is 0 Å². The van der Waals surface area contributed by atoms with Gasteiger partial charge in [0.25, 0.3) is 0 Å². The molecule has 0 aliphatic carbocycles. The lowest BCUT2D eigenvalue weighted by Gasteiger charge is -2.31. The van der Waals surface area contributed by atoms with Gasteiger partial charge in [-0.1, -0.05) is 17.7 Å². The van der Waals surface area contributed by atoms with Crippen LogP contribution in [0.5, 0.6) is 0 Å². The molecule has 6 nitrogen and oxygen atoms in total. The Hall–Kier alpha value is -1.60. The zero-order valence-electron chi connectivity index (χ0n) is 13.0. The first-order valence-corrected chi connectivity index (χ1v) is 8.98. The maximum atomic E-state index is 12.6. The van der Waals surface area contributed by atoms with Gasteiger partial charge in [0.1, 0.15) is 0 Å². The van der Waals surface area contributed by atoms with E-state index >= 15 is 0 Å². The summed E-state index contributed by atoms with van der Waals surface area (Å²) in [6.07, 6.45) is 1.25. The third-order valence-electron chi connectivity index (χ3n) is 3.79. The van der Waals surface area contributed by atoms with Crippen molar-refractivity contribution >= 4 is 16.1 Å². The van der Waals surface area contributed by atoms with Gasteiger partial charge in [0.15, 0.2) is 0 Å². The fourth-order valence-corrected chi connectivity index (χ4v) is 3.97. The number of nitrogens with one attached hydrogen (secondary N) is 2. The maximum Gasteiger partial charge on any atom is 0.314 e. The number of hydrogen-bond acceptors (Lipinski definition) is 3. The molecule has 1 saturated heterocycles. The number of amides is 2. The fourth-order valence-electron chi connectivity index (χ4n) is 2.50. The van der Waals surface area contributed by atoms with E-state index in [2.05, 4.69) is 10.6 Å². The number of hydrogen-bond donors (Lipinski definition) is 2. The normalized spacial score (nSPS) is 17.2. The van der Waals surface area contributed by atoms with Crippen LogP contribution in [0, 0.1) is 6.92 Å². The van der Waals surface area contributed by atoms with E-state index < -0.39 is 10.0 Å². The van der Waals surface area contributed by atoms with Crippen LogP contribution in [0.1, 0.15) is 25.3 Å². The molecule has 0 saturated carbocycles. The zero-order chi connectivity index (χ0) is 16.2. The average Bonchev–Trinajstić information content (AvgIpc) is 2.48. The van der Waals surface area contributed by atoms with Gasteiger partial charge in [-0.25, -0.2) is 13.2 Å². The number of benzene rings is 1. The highest BCUT2D eigenvalue weighted by Crippen LogP contribution is 2.21. The number of carbonyl (C=O) groups is 1. The summed E-state index contributed by atoms with van der Waals surface area (Å²) >= 11 is 0. The van der Waals surface area contributed by atoms with Crippen LogP contribution in [-0.4, -0.2) is 44.4 Å². The maximum absolute atomic E-state index is 12.6. The van der Waals surface area contributed by atoms with Gasteiger partial charge in [-0.3, -0.25) is 0 Å². The molecular formula is C15H23N3O3S. The van der Waals surface area contributed by atoms with Crippen LogP contribution >= 0.6 is 0 Å². The summed E-state index contributed by atoms with van der Waals surface area (Å²) in [5.41, 5.74) is 1.03. The van der Waals surface area contributed by atoms with Crippen LogP contribution in [0.4, 0.5) is 4.79 Å². The van der Waals surface area contributed by atoms with E-state index in [0.29, 0.717) is 37.4 Å². The second-order valence-corrected chi connectivity index (χ2v) is 7.43. The molecule has 1 aliphatic rings. The molecule has 0 aromatic heterocycles. The summed E-state index contributed by atoms with van der Waals surface area (Å²) in [5, 5.41) is 5.55. The van der Waals surface area contributed by atoms with Gasteiger partial charge < -0.3 is 10.6 Å². The second kappa shape index (κ2) is 7.11. The Morgan fingerprint density at radius 2 is 1.82 bits per heavy atom.